The monoisotopic (exact) mass is 141 g/mol. The van der Waals surface area contributed by atoms with E-state index in [1.807, 2.05) is 0 Å². The maximum atomic E-state index is 5.14. The standard InChI is InChI=1S/C8H15NO/c1-2-5-9(4-1)6-3-8-7-10-8/h8H,1-7H2/t8-/m0/s1. The molecule has 2 fully saturated rings. The average molecular weight is 141 g/mol. The van der Waals surface area contributed by atoms with Crippen LogP contribution >= 0.6 is 0 Å². The van der Waals surface area contributed by atoms with Gasteiger partial charge in [-0.15, -0.1) is 0 Å². The first-order chi connectivity index (χ1) is 4.95. The Bertz CT molecular complexity index is 106. The summed E-state index contributed by atoms with van der Waals surface area (Å²) in [5.41, 5.74) is 0. The lowest BCUT2D eigenvalue weighted by Gasteiger charge is -2.12. The predicted octanol–water partition coefficient (Wildman–Crippen LogP) is 0.871. The fourth-order valence-electron chi connectivity index (χ4n) is 1.57. The summed E-state index contributed by atoms with van der Waals surface area (Å²) >= 11 is 0. The van der Waals surface area contributed by atoms with E-state index in [1.165, 1.54) is 38.9 Å². The summed E-state index contributed by atoms with van der Waals surface area (Å²) in [7, 11) is 0. The van der Waals surface area contributed by atoms with Crippen LogP contribution in [-0.4, -0.2) is 37.2 Å². The summed E-state index contributed by atoms with van der Waals surface area (Å²) in [5, 5.41) is 0. The molecule has 1 atom stereocenters. The minimum atomic E-state index is 0.626. The van der Waals surface area contributed by atoms with E-state index >= 15 is 0 Å². The minimum absolute atomic E-state index is 0.626. The number of rotatable bonds is 3. The van der Waals surface area contributed by atoms with Gasteiger partial charge in [-0.25, -0.2) is 0 Å². The van der Waals surface area contributed by atoms with Gasteiger partial charge < -0.3 is 9.64 Å². The predicted molar refractivity (Wildman–Crippen MR) is 40.0 cm³/mol. The minimum Gasteiger partial charge on any atom is -0.373 e. The fourth-order valence-corrected chi connectivity index (χ4v) is 1.57. The van der Waals surface area contributed by atoms with Gasteiger partial charge in [0, 0.05) is 6.54 Å². The second-order valence-corrected chi connectivity index (χ2v) is 3.29. The summed E-state index contributed by atoms with van der Waals surface area (Å²) in [5.74, 6) is 0. The van der Waals surface area contributed by atoms with Crippen LogP contribution in [0, 0.1) is 0 Å². The Labute approximate surface area is 62.2 Å². The van der Waals surface area contributed by atoms with Crippen molar-refractivity contribution in [2.45, 2.75) is 25.4 Å². The summed E-state index contributed by atoms with van der Waals surface area (Å²) in [6, 6.07) is 0. The van der Waals surface area contributed by atoms with Crippen molar-refractivity contribution >= 4 is 0 Å². The summed E-state index contributed by atoms with van der Waals surface area (Å²) in [6.45, 7) is 4.94. The molecule has 0 spiro atoms. The van der Waals surface area contributed by atoms with Crippen molar-refractivity contribution in [1.29, 1.82) is 0 Å². The number of epoxide rings is 1. The van der Waals surface area contributed by atoms with Crippen molar-refractivity contribution in [3.63, 3.8) is 0 Å². The lowest BCUT2D eigenvalue weighted by Crippen LogP contribution is -2.21. The zero-order valence-corrected chi connectivity index (χ0v) is 6.38. The molecule has 0 saturated carbocycles. The highest BCUT2D eigenvalue weighted by Crippen LogP contribution is 2.15. The van der Waals surface area contributed by atoms with Crippen LogP contribution in [0.25, 0.3) is 0 Å². The Morgan fingerprint density at radius 2 is 2.00 bits per heavy atom. The van der Waals surface area contributed by atoms with Crippen molar-refractivity contribution in [2.24, 2.45) is 0 Å². The van der Waals surface area contributed by atoms with Gasteiger partial charge in [0.25, 0.3) is 0 Å². The van der Waals surface area contributed by atoms with Crippen molar-refractivity contribution in [3.05, 3.63) is 0 Å². The van der Waals surface area contributed by atoms with E-state index in [-0.39, 0.29) is 0 Å². The maximum Gasteiger partial charge on any atom is 0.0822 e. The van der Waals surface area contributed by atoms with Crippen molar-refractivity contribution in [3.8, 4) is 0 Å². The van der Waals surface area contributed by atoms with Gasteiger partial charge in [0.2, 0.25) is 0 Å². The van der Waals surface area contributed by atoms with Crippen LogP contribution in [-0.2, 0) is 4.74 Å². The molecular weight excluding hydrogens is 126 g/mol. The Balaban J connectivity index is 1.59. The lowest BCUT2D eigenvalue weighted by atomic mass is 10.3. The highest BCUT2D eigenvalue weighted by molar-refractivity contribution is 4.73. The SMILES string of the molecule is C1CCN(CC[C@H]2CO2)C1. The van der Waals surface area contributed by atoms with E-state index in [4.69, 9.17) is 4.74 Å². The lowest BCUT2D eigenvalue weighted by molar-refractivity contribution is 0.304. The first-order valence-corrected chi connectivity index (χ1v) is 4.29. The molecule has 0 N–H and O–H groups in total. The first-order valence-electron chi connectivity index (χ1n) is 4.29. The average Bonchev–Trinajstić information content (AvgIpc) is 2.63. The fraction of sp³-hybridized carbons (Fsp3) is 1.00. The molecule has 2 rings (SSSR count). The maximum absolute atomic E-state index is 5.14. The Morgan fingerprint density at radius 3 is 2.60 bits per heavy atom. The topological polar surface area (TPSA) is 15.8 Å². The number of hydrogen-bond acceptors (Lipinski definition) is 2. The smallest absolute Gasteiger partial charge is 0.0822 e. The molecule has 0 unspecified atom stereocenters. The third kappa shape index (κ3) is 1.70. The van der Waals surface area contributed by atoms with Gasteiger partial charge in [-0.3, -0.25) is 0 Å². The molecule has 2 heteroatoms. The molecule has 0 radical (unpaired) electrons. The van der Waals surface area contributed by atoms with Crippen molar-refractivity contribution < 1.29 is 4.74 Å². The molecule has 2 aliphatic heterocycles. The summed E-state index contributed by atoms with van der Waals surface area (Å²) in [6.07, 6.45) is 4.71. The molecule has 2 saturated heterocycles. The van der Waals surface area contributed by atoms with Crippen LogP contribution < -0.4 is 0 Å². The van der Waals surface area contributed by atoms with Gasteiger partial charge in [-0.1, -0.05) is 0 Å². The number of ether oxygens (including phenoxy) is 1. The Kier molecular flexibility index (Phi) is 1.91. The van der Waals surface area contributed by atoms with Crippen LogP contribution in [0.1, 0.15) is 19.3 Å². The van der Waals surface area contributed by atoms with Crippen LogP contribution in [0.15, 0.2) is 0 Å². The van der Waals surface area contributed by atoms with Crippen LogP contribution in [0.2, 0.25) is 0 Å². The van der Waals surface area contributed by atoms with E-state index in [9.17, 15) is 0 Å². The van der Waals surface area contributed by atoms with Crippen LogP contribution in [0.4, 0.5) is 0 Å². The zero-order valence-electron chi connectivity index (χ0n) is 6.38. The quantitative estimate of drug-likeness (QED) is 0.542. The molecule has 58 valence electrons. The number of hydrogen-bond donors (Lipinski definition) is 0. The van der Waals surface area contributed by atoms with Gasteiger partial charge in [0.05, 0.1) is 12.7 Å². The number of nitrogens with zero attached hydrogens (tertiary/aromatic N) is 1. The second-order valence-electron chi connectivity index (χ2n) is 3.29. The van der Waals surface area contributed by atoms with Gasteiger partial charge >= 0.3 is 0 Å². The van der Waals surface area contributed by atoms with E-state index < -0.39 is 0 Å². The molecule has 0 aromatic carbocycles. The first kappa shape index (κ1) is 6.62. The third-order valence-electron chi connectivity index (χ3n) is 2.37. The molecule has 2 aliphatic rings. The molecule has 0 aromatic rings. The van der Waals surface area contributed by atoms with E-state index in [0.29, 0.717) is 6.10 Å². The highest BCUT2D eigenvalue weighted by atomic mass is 16.6. The van der Waals surface area contributed by atoms with E-state index in [2.05, 4.69) is 4.90 Å². The van der Waals surface area contributed by atoms with Gasteiger partial charge in [0.1, 0.15) is 0 Å². The summed E-state index contributed by atoms with van der Waals surface area (Å²) < 4.78 is 5.14. The molecule has 0 aromatic heterocycles. The molecule has 0 aliphatic carbocycles. The Morgan fingerprint density at radius 1 is 1.30 bits per heavy atom. The molecule has 2 nitrogen and oxygen atoms in total. The van der Waals surface area contributed by atoms with Crippen molar-refractivity contribution in [2.75, 3.05) is 26.2 Å². The van der Waals surface area contributed by atoms with Gasteiger partial charge in [0.15, 0.2) is 0 Å². The molecule has 10 heavy (non-hydrogen) atoms. The summed E-state index contributed by atoms with van der Waals surface area (Å²) in [4.78, 5) is 2.54. The Hall–Kier alpha value is -0.0800. The zero-order chi connectivity index (χ0) is 6.81. The third-order valence-corrected chi connectivity index (χ3v) is 2.37. The van der Waals surface area contributed by atoms with E-state index in [0.717, 1.165) is 6.61 Å². The second kappa shape index (κ2) is 2.89. The van der Waals surface area contributed by atoms with Gasteiger partial charge in [-0.05, 0) is 32.4 Å². The van der Waals surface area contributed by atoms with Crippen LogP contribution in [0.3, 0.4) is 0 Å². The largest absolute Gasteiger partial charge is 0.373 e. The molecular formula is C8H15NO. The number of likely N-dealkylation sites (tertiary alicyclic amines) is 1. The normalized spacial score (nSPS) is 33.0. The van der Waals surface area contributed by atoms with E-state index in [1.54, 1.807) is 0 Å². The van der Waals surface area contributed by atoms with Crippen molar-refractivity contribution in [1.82, 2.24) is 4.90 Å². The molecule has 0 amide bonds. The molecule has 2 heterocycles. The van der Waals surface area contributed by atoms with Crippen LogP contribution in [0.5, 0.6) is 0 Å². The molecule has 0 bridgehead atoms. The highest BCUT2D eigenvalue weighted by Gasteiger charge is 2.23. The van der Waals surface area contributed by atoms with Gasteiger partial charge in [-0.2, -0.15) is 0 Å².